The predicted octanol–water partition coefficient (Wildman–Crippen LogP) is 2.52. The zero-order valence-corrected chi connectivity index (χ0v) is 8.30. The second kappa shape index (κ2) is 4.24. The Morgan fingerprint density at radius 3 is 2.23 bits per heavy atom. The monoisotopic (exact) mass is 176 g/mol. The Morgan fingerprint density at radius 1 is 1.31 bits per heavy atom. The molecule has 0 aliphatic carbocycles. The first-order valence-corrected chi connectivity index (χ1v) is 4.49. The van der Waals surface area contributed by atoms with E-state index in [-0.39, 0.29) is 6.61 Å². The highest BCUT2D eigenvalue weighted by Crippen LogP contribution is 2.17. The smallest absolute Gasteiger partial charge is 0.0686 e. The van der Waals surface area contributed by atoms with Crippen molar-refractivity contribution in [3.63, 3.8) is 0 Å². The van der Waals surface area contributed by atoms with Crippen molar-refractivity contribution in [3.05, 3.63) is 47.0 Å². The van der Waals surface area contributed by atoms with Crippen molar-refractivity contribution in [1.82, 2.24) is 0 Å². The fraction of sp³-hybridized carbons (Fsp3) is 0.333. The Labute approximate surface area is 79.7 Å². The quantitative estimate of drug-likeness (QED) is 0.702. The fourth-order valence-corrected chi connectivity index (χ4v) is 1.62. The molecule has 1 aromatic carbocycles. The molecule has 0 spiro atoms. The predicted molar refractivity (Wildman–Crippen MR) is 55.7 cm³/mol. The molecule has 0 saturated carbocycles. The van der Waals surface area contributed by atoms with Crippen LogP contribution in [0.15, 0.2) is 24.8 Å². The molecule has 1 aromatic rings. The number of aliphatic hydroxyl groups excluding tert-OH is 1. The van der Waals surface area contributed by atoms with E-state index in [0.717, 1.165) is 12.0 Å². The molecule has 13 heavy (non-hydrogen) atoms. The molecular weight excluding hydrogens is 160 g/mol. The van der Waals surface area contributed by atoms with Crippen LogP contribution >= 0.6 is 0 Å². The van der Waals surface area contributed by atoms with E-state index >= 15 is 0 Å². The summed E-state index contributed by atoms with van der Waals surface area (Å²) in [5.74, 6) is 0. The zero-order chi connectivity index (χ0) is 9.84. The van der Waals surface area contributed by atoms with Gasteiger partial charge >= 0.3 is 0 Å². The van der Waals surface area contributed by atoms with Crippen LogP contribution < -0.4 is 0 Å². The third-order valence-corrected chi connectivity index (χ3v) is 2.29. The van der Waals surface area contributed by atoms with Crippen LogP contribution in [0.1, 0.15) is 22.3 Å². The van der Waals surface area contributed by atoms with E-state index in [4.69, 9.17) is 5.11 Å². The standard InChI is InChI=1S/C12H16O/c1-4-5-11-6-9(2)12(8-13)10(3)7-11/h4,6-7,13H,1,5,8H2,2-3H3. The van der Waals surface area contributed by atoms with Gasteiger partial charge in [0, 0.05) is 0 Å². The first-order valence-electron chi connectivity index (χ1n) is 4.49. The van der Waals surface area contributed by atoms with E-state index in [1.165, 1.54) is 16.7 Å². The van der Waals surface area contributed by atoms with Crippen LogP contribution in [0.3, 0.4) is 0 Å². The minimum Gasteiger partial charge on any atom is -0.392 e. The van der Waals surface area contributed by atoms with Gasteiger partial charge in [0.1, 0.15) is 0 Å². The molecule has 0 unspecified atom stereocenters. The lowest BCUT2D eigenvalue weighted by molar-refractivity contribution is 0.280. The number of hydrogen-bond donors (Lipinski definition) is 1. The van der Waals surface area contributed by atoms with Crippen molar-refractivity contribution in [2.45, 2.75) is 26.9 Å². The summed E-state index contributed by atoms with van der Waals surface area (Å²) in [5.41, 5.74) is 4.65. The van der Waals surface area contributed by atoms with Crippen LogP contribution in [0.4, 0.5) is 0 Å². The molecular formula is C12H16O. The van der Waals surface area contributed by atoms with Gasteiger partial charge in [-0.2, -0.15) is 0 Å². The second-order valence-corrected chi connectivity index (χ2v) is 3.36. The summed E-state index contributed by atoms with van der Waals surface area (Å²) in [6.07, 6.45) is 2.79. The van der Waals surface area contributed by atoms with Gasteiger partial charge in [0.2, 0.25) is 0 Å². The average Bonchev–Trinajstić information content (AvgIpc) is 2.04. The summed E-state index contributed by atoms with van der Waals surface area (Å²) < 4.78 is 0. The van der Waals surface area contributed by atoms with Crippen molar-refractivity contribution in [3.8, 4) is 0 Å². The summed E-state index contributed by atoms with van der Waals surface area (Å²) in [4.78, 5) is 0. The first kappa shape index (κ1) is 10.0. The highest BCUT2D eigenvalue weighted by molar-refractivity contribution is 5.38. The molecule has 0 atom stereocenters. The van der Waals surface area contributed by atoms with E-state index in [1.54, 1.807) is 0 Å². The van der Waals surface area contributed by atoms with Gasteiger partial charge in [-0.15, -0.1) is 6.58 Å². The number of hydrogen-bond acceptors (Lipinski definition) is 1. The van der Waals surface area contributed by atoms with Gasteiger partial charge in [-0.25, -0.2) is 0 Å². The number of aliphatic hydroxyl groups is 1. The van der Waals surface area contributed by atoms with Crippen molar-refractivity contribution in [2.75, 3.05) is 0 Å². The van der Waals surface area contributed by atoms with E-state index < -0.39 is 0 Å². The molecule has 0 saturated heterocycles. The lowest BCUT2D eigenvalue weighted by atomic mass is 9.98. The van der Waals surface area contributed by atoms with Gasteiger partial charge in [-0.05, 0) is 42.5 Å². The molecule has 70 valence electrons. The van der Waals surface area contributed by atoms with Crippen LogP contribution in [-0.2, 0) is 13.0 Å². The van der Waals surface area contributed by atoms with Crippen LogP contribution in [0, 0.1) is 13.8 Å². The SMILES string of the molecule is C=CCc1cc(C)c(CO)c(C)c1. The van der Waals surface area contributed by atoms with Gasteiger partial charge in [0.05, 0.1) is 6.61 Å². The molecule has 0 heterocycles. The Balaban J connectivity index is 3.12. The van der Waals surface area contributed by atoms with Gasteiger partial charge < -0.3 is 5.11 Å². The lowest BCUT2D eigenvalue weighted by Crippen LogP contribution is -1.95. The van der Waals surface area contributed by atoms with Crippen molar-refractivity contribution >= 4 is 0 Å². The highest BCUT2D eigenvalue weighted by Gasteiger charge is 2.02. The minimum absolute atomic E-state index is 0.131. The normalized spacial score (nSPS) is 10.1. The molecule has 0 amide bonds. The van der Waals surface area contributed by atoms with Gasteiger partial charge in [-0.3, -0.25) is 0 Å². The summed E-state index contributed by atoms with van der Waals surface area (Å²) in [5, 5.41) is 9.10. The van der Waals surface area contributed by atoms with Gasteiger partial charge in [-0.1, -0.05) is 18.2 Å². The lowest BCUT2D eigenvalue weighted by Gasteiger charge is -2.09. The molecule has 0 bridgehead atoms. The number of benzene rings is 1. The largest absolute Gasteiger partial charge is 0.392 e. The Kier molecular flexibility index (Phi) is 3.26. The molecule has 0 aliphatic rings. The summed E-state index contributed by atoms with van der Waals surface area (Å²) in [7, 11) is 0. The van der Waals surface area contributed by atoms with E-state index in [1.807, 2.05) is 19.9 Å². The van der Waals surface area contributed by atoms with Crippen LogP contribution in [0.5, 0.6) is 0 Å². The molecule has 1 N–H and O–H groups in total. The number of rotatable bonds is 3. The van der Waals surface area contributed by atoms with Crippen molar-refractivity contribution in [1.29, 1.82) is 0 Å². The Morgan fingerprint density at radius 2 is 1.85 bits per heavy atom. The maximum Gasteiger partial charge on any atom is 0.0686 e. The molecule has 0 fully saturated rings. The van der Waals surface area contributed by atoms with Gasteiger partial charge in [0.25, 0.3) is 0 Å². The van der Waals surface area contributed by atoms with E-state index in [9.17, 15) is 0 Å². The van der Waals surface area contributed by atoms with E-state index in [0.29, 0.717) is 0 Å². The maximum absolute atomic E-state index is 9.10. The highest BCUT2D eigenvalue weighted by atomic mass is 16.3. The van der Waals surface area contributed by atoms with E-state index in [2.05, 4.69) is 18.7 Å². The van der Waals surface area contributed by atoms with Crippen LogP contribution in [0.25, 0.3) is 0 Å². The zero-order valence-electron chi connectivity index (χ0n) is 8.30. The number of aryl methyl sites for hydroxylation is 2. The minimum atomic E-state index is 0.131. The summed E-state index contributed by atoms with van der Waals surface area (Å²) >= 11 is 0. The summed E-state index contributed by atoms with van der Waals surface area (Å²) in [6, 6.07) is 4.22. The maximum atomic E-state index is 9.10. The second-order valence-electron chi connectivity index (χ2n) is 3.36. The molecule has 0 aromatic heterocycles. The molecule has 0 aliphatic heterocycles. The topological polar surface area (TPSA) is 20.2 Å². The van der Waals surface area contributed by atoms with Crippen LogP contribution in [0.2, 0.25) is 0 Å². The van der Waals surface area contributed by atoms with Crippen molar-refractivity contribution < 1.29 is 5.11 Å². The van der Waals surface area contributed by atoms with Crippen LogP contribution in [-0.4, -0.2) is 5.11 Å². The third-order valence-electron chi connectivity index (χ3n) is 2.29. The first-order chi connectivity index (χ1) is 6.19. The fourth-order valence-electron chi connectivity index (χ4n) is 1.62. The van der Waals surface area contributed by atoms with Gasteiger partial charge in [0.15, 0.2) is 0 Å². The molecule has 1 rings (SSSR count). The molecule has 1 nitrogen and oxygen atoms in total. The third kappa shape index (κ3) is 2.19. The molecule has 0 radical (unpaired) electrons. The summed E-state index contributed by atoms with van der Waals surface area (Å²) in [6.45, 7) is 7.91. The molecule has 1 heteroatoms. The Bertz CT molecular complexity index is 290. The Hall–Kier alpha value is -1.08. The van der Waals surface area contributed by atoms with Crippen molar-refractivity contribution in [2.24, 2.45) is 0 Å². The average molecular weight is 176 g/mol. The number of allylic oxidation sites excluding steroid dienone is 1.